The number of rotatable bonds is 1. The molecule has 1 rings (SSSR count). The van der Waals surface area contributed by atoms with Crippen LogP contribution >= 0.6 is 0 Å². The van der Waals surface area contributed by atoms with E-state index in [0.29, 0.717) is 0 Å². The monoisotopic (exact) mass is 180 g/mol. The lowest BCUT2D eigenvalue weighted by Gasteiger charge is -2.29. The molecule has 74 valence electrons. The molecule has 13 heavy (non-hydrogen) atoms. The van der Waals surface area contributed by atoms with Crippen LogP contribution in [0, 0.1) is 5.41 Å². The van der Waals surface area contributed by atoms with Crippen LogP contribution in [-0.4, -0.2) is 5.78 Å². The molecule has 0 unspecified atom stereocenters. The van der Waals surface area contributed by atoms with Crippen LogP contribution in [0.15, 0.2) is 11.1 Å². The van der Waals surface area contributed by atoms with E-state index in [2.05, 4.69) is 20.8 Å². The summed E-state index contributed by atoms with van der Waals surface area (Å²) in [5.41, 5.74) is 2.69. The van der Waals surface area contributed by atoms with Crippen molar-refractivity contribution in [2.24, 2.45) is 5.41 Å². The second-order valence-electron chi connectivity index (χ2n) is 4.97. The zero-order chi connectivity index (χ0) is 10.1. The van der Waals surface area contributed by atoms with Crippen LogP contribution in [0.2, 0.25) is 0 Å². The number of Topliss-reactive ketones (excluding diaryl/α,β-unsaturated/α-hetero) is 1. The van der Waals surface area contributed by atoms with E-state index in [9.17, 15) is 4.79 Å². The molecule has 0 fully saturated rings. The van der Waals surface area contributed by atoms with Crippen molar-refractivity contribution < 1.29 is 4.79 Å². The van der Waals surface area contributed by atoms with Crippen LogP contribution in [0.5, 0.6) is 0 Å². The third-order valence-corrected chi connectivity index (χ3v) is 2.80. The summed E-state index contributed by atoms with van der Waals surface area (Å²) >= 11 is 0. The van der Waals surface area contributed by atoms with Crippen LogP contribution in [-0.2, 0) is 4.79 Å². The number of carbonyl (C=O) groups excluding carboxylic acids is 1. The van der Waals surface area contributed by atoms with E-state index in [0.717, 1.165) is 18.4 Å². The van der Waals surface area contributed by atoms with Gasteiger partial charge in [0.15, 0.2) is 5.78 Å². The summed E-state index contributed by atoms with van der Waals surface area (Å²) in [6, 6.07) is 0. The first-order valence-electron chi connectivity index (χ1n) is 5.16. The van der Waals surface area contributed by atoms with Crippen LogP contribution in [0.1, 0.15) is 53.4 Å². The van der Waals surface area contributed by atoms with Crippen LogP contribution in [0.25, 0.3) is 0 Å². The maximum atomic E-state index is 11.4. The van der Waals surface area contributed by atoms with Gasteiger partial charge in [-0.05, 0) is 43.6 Å². The molecule has 1 heteroatoms. The molecule has 1 aliphatic rings. The molecule has 0 radical (unpaired) electrons. The van der Waals surface area contributed by atoms with Gasteiger partial charge in [-0.3, -0.25) is 4.79 Å². The fraction of sp³-hybridized carbons (Fsp3) is 0.750. The van der Waals surface area contributed by atoms with Crippen molar-refractivity contribution in [3.8, 4) is 0 Å². The quantitative estimate of drug-likeness (QED) is 0.603. The second-order valence-corrected chi connectivity index (χ2v) is 4.97. The Hall–Kier alpha value is -0.590. The zero-order valence-corrected chi connectivity index (χ0v) is 9.24. The van der Waals surface area contributed by atoms with E-state index in [-0.39, 0.29) is 11.2 Å². The topological polar surface area (TPSA) is 17.1 Å². The minimum Gasteiger partial charge on any atom is -0.295 e. The Morgan fingerprint density at radius 2 is 1.69 bits per heavy atom. The van der Waals surface area contributed by atoms with Crippen molar-refractivity contribution >= 4 is 5.78 Å². The lowest BCUT2D eigenvalue weighted by molar-refractivity contribution is -0.114. The highest BCUT2D eigenvalue weighted by Crippen LogP contribution is 2.37. The molecule has 0 spiro atoms. The molecule has 0 saturated carbocycles. The van der Waals surface area contributed by atoms with Gasteiger partial charge in [-0.2, -0.15) is 0 Å². The minimum absolute atomic E-state index is 0.182. The van der Waals surface area contributed by atoms with Gasteiger partial charge in [-0.15, -0.1) is 0 Å². The van der Waals surface area contributed by atoms with E-state index in [1.54, 1.807) is 6.92 Å². The molecular formula is C12H20O. The first kappa shape index (κ1) is 10.5. The Labute approximate surface area is 81.2 Å². The van der Waals surface area contributed by atoms with E-state index in [4.69, 9.17) is 0 Å². The summed E-state index contributed by atoms with van der Waals surface area (Å²) < 4.78 is 0. The van der Waals surface area contributed by atoms with Crippen LogP contribution in [0.3, 0.4) is 0 Å². The lowest BCUT2D eigenvalue weighted by atomic mass is 9.76. The molecule has 0 atom stereocenters. The summed E-state index contributed by atoms with van der Waals surface area (Å²) in [7, 11) is 0. The average molecular weight is 180 g/mol. The Bertz CT molecular complexity index is 240. The lowest BCUT2D eigenvalue weighted by Crippen LogP contribution is -2.18. The summed E-state index contributed by atoms with van der Waals surface area (Å²) in [4.78, 5) is 11.4. The first-order chi connectivity index (χ1) is 5.93. The van der Waals surface area contributed by atoms with Gasteiger partial charge < -0.3 is 0 Å². The highest BCUT2D eigenvalue weighted by atomic mass is 16.1. The fourth-order valence-electron chi connectivity index (χ4n) is 2.12. The molecule has 0 aliphatic heterocycles. The third kappa shape index (κ3) is 2.43. The third-order valence-electron chi connectivity index (χ3n) is 2.80. The van der Waals surface area contributed by atoms with Crippen molar-refractivity contribution in [2.75, 3.05) is 0 Å². The van der Waals surface area contributed by atoms with E-state index < -0.39 is 0 Å². The summed E-state index contributed by atoms with van der Waals surface area (Å²) in [6.45, 7) is 8.32. The molecule has 0 aromatic rings. The van der Waals surface area contributed by atoms with Gasteiger partial charge in [-0.1, -0.05) is 26.3 Å². The van der Waals surface area contributed by atoms with E-state index in [1.165, 1.54) is 18.4 Å². The Morgan fingerprint density at radius 3 is 2.08 bits per heavy atom. The predicted octanol–water partition coefficient (Wildman–Crippen LogP) is 3.49. The predicted molar refractivity (Wildman–Crippen MR) is 55.6 cm³/mol. The van der Waals surface area contributed by atoms with Gasteiger partial charge in [-0.25, -0.2) is 0 Å². The van der Waals surface area contributed by atoms with Gasteiger partial charge in [0.2, 0.25) is 0 Å². The normalized spacial score (nSPS) is 19.1. The van der Waals surface area contributed by atoms with Gasteiger partial charge in [0.25, 0.3) is 0 Å². The molecular weight excluding hydrogens is 160 g/mol. The number of hydrogen-bond acceptors (Lipinski definition) is 1. The molecule has 0 bridgehead atoms. The second kappa shape index (κ2) is 3.65. The first-order valence-corrected chi connectivity index (χ1v) is 5.16. The van der Waals surface area contributed by atoms with E-state index >= 15 is 0 Å². The van der Waals surface area contributed by atoms with Gasteiger partial charge in [0.1, 0.15) is 0 Å². The average Bonchev–Trinajstić information content (AvgIpc) is 2.03. The largest absolute Gasteiger partial charge is 0.295 e. The van der Waals surface area contributed by atoms with Crippen LogP contribution in [0.4, 0.5) is 0 Å². The summed E-state index contributed by atoms with van der Waals surface area (Å²) in [5, 5.41) is 0. The highest BCUT2D eigenvalue weighted by Gasteiger charge is 2.25. The number of ketones is 1. The van der Waals surface area contributed by atoms with Crippen molar-refractivity contribution in [3.63, 3.8) is 0 Å². The highest BCUT2D eigenvalue weighted by molar-refractivity contribution is 5.94. The zero-order valence-electron chi connectivity index (χ0n) is 9.24. The van der Waals surface area contributed by atoms with Crippen LogP contribution < -0.4 is 0 Å². The molecule has 0 saturated heterocycles. The SMILES string of the molecule is CC(=O)C1=C(C(C)(C)C)CCCC1. The number of carbonyl (C=O) groups is 1. The summed E-state index contributed by atoms with van der Waals surface area (Å²) in [5.74, 6) is 0.282. The molecule has 0 aromatic carbocycles. The Kier molecular flexibility index (Phi) is 2.94. The maximum Gasteiger partial charge on any atom is 0.155 e. The molecule has 0 amide bonds. The van der Waals surface area contributed by atoms with Gasteiger partial charge >= 0.3 is 0 Å². The summed E-state index contributed by atoms with van der Waals surface area (Å²) in [6.07, 6.45) is 4.57. The van der Waals surface area contributed by atoms with Crippen molar-refractivity contribution in [2.45, 2.75) is 53.4 Å². The maximum absolute atomic E-state index is 11.4. The van der Waals surface area contributed by atoms with Crippen molar-refractivity contribution in [3.05, 3.63) is 11.1 Å². The fourth-order valence-corrected chi connectivity index (χ4v) is 2.12. The Balaban J connectivity index is 3.04. The standard InChI is InChI=1S/C12H20O/c1-9(13)10-7-5-6-8-11(10)12(2,3)4/h5-8H2,1-4H3. The number of hydrogen-bond donors (Lipinski definition) is 0. The molecule has 1 nitrogen and oxygen atoms in total. The molecule has 1 aliphatic carbocycles. The molecule has 0 N–H and O–H groups in total. The number of allylic oxidation sites excluding steroid dienone is 2. The smallest absolute Gasteiger partial charge is 0.155 e. The van der Waals surface area contributed by atoms with Crippen molar-refractivity contribution in [1.82, 2.24) is 0 Å². The molecule has 0 heterocycles. The van der Waals surface area contributed by atoms with Gasteiger partial charge in [0.05, 0.1) is 0 Å². The van der Waals surface area contributed by atoms with E-state index in [1.807, 2.05) is 0 Å². The Morgan fingerprint density at radius 1 is 1.15 bits per heavy atom. The van der Waals surface area contributed by atoms with Crippen molar-refractivity contribution in [1.29, 1.82) is 0 Å². The molecule has 0 aromatic heterocycles. The minimum atomic E-state index is 0.182. The van der Waals surface area contributed by atoms with Gasteiger partial charge in [0, 0.05) is 0 Å².